The molecule has 1 aliphatic heterocycles. The average Bonchev–Trinajstić information content (AvgIpc) is 3.10. The van der Waals surface area contributed by atoms with Crippen molar-refractivity contribution in [2.75, 3.05) is 26.7 Å². The van der Waals surface area contributed by atoms with Crippen LogP contribution < -0.4 is 4.74 Å². The Morgan fingerprint density at radius 1 is 1.23 bits per heavy atom. The van der Waals surface area contributed by atoms with Gasteiger partial charge in [0.25, 0.3) is 11.8 Å². The molecule has 0 fully saturated rings. The third-order valence-electron chi connectivity index (χ3n) is 4.69. The van der Waals surface area contributed by atoms with Gasteiger partial charge in [-0.05, 0) is 19.9 Å². The summed E-state index contributed by atoms with van der Waals surface area (Å²) < 4.78 is 7.01. The largest absolute Gasteiger partial charge is 0.496 e. The molecule has 2 amide bonds. The summed E-state index contributed by atoms with van der Waals surface area (Å²) in [6.07, 6.45) is 0. The van der Waals surface area contributed by atoms with E-state index in [1.54, 1.807) is 27.7 Å². The molecule has 2 aromatic rings. The summed E-state index contributed by atoms with van der Waals surface area (Å²) in [5.41, 5.74) is 1.74. The lowest BCUT2D eigenvalue weighted by atomic mass is 10.1. The van der Waals surface area contributed by atoms with E-state index in [4.69, 9.17) is 4.74 Å². The highest BCUT2D eigenvalue weighted by Crippen LogP contribution is 2.22. The van der Waals surface area contributed by atoms with E-state index >= 15 is 0 Å². The quantitative estimate of drug-likeness (QED) is 0.794. The molecule has 0 saturated heterocycles. The number of fused-ring (bicyclic) bond motifs is 1. The Labute approximate surface area is 153 Å². The number of nitrogens with zero attached hydrogens (tertiary/aromatic N) is 4. The highest BCUT2D eigenvalue weighted by Gasteiger charge is 2.29. The third-order valence-corrected chi connectivity index (χ3v) is 4.69. The molecule has 138 valence electrons. The number of para-hydroxylation sites is 1. The van der Waals surface area contributed by atoms with Crippen LogP contribution in [0.4, 0.5) is 0 Å². The molecule has 1 aliphatic rings. The first-order valence-electron chi connectivity index (χ1n) is 8.87. The minimum absolute atomic E-state index is 0.117. The molecular weight excluding hydrogens is 332 g/mol. The predicted molar refractivity (Wildman–Crippen MR) is 97.2 cm³/mol. The molecule has 7 heteroatoms. The second-order valence-electron chi connectivity index (χ2n) is 6.15. The number of hydrogen-bond donors (Lipinski definition) is 0. The van der Waals surface area contributed by atoms with Crippen molar-refractivity contribution in [1.29, 1.82) is 0 Å². The van der Waals surface area contributed by atoms with Gasteiger partial charge in [-0.2, -0.15) is 5.10 Å². The number of carbonyl (C=O) groups is 2. The highest BCUT2D eigenvalue weighted by atomic mass is 16.5. The van der Waals surface area contributed by atoms with Crippen molar-refractivity contribution >= 4 is 11.8 Å². The van der Waals surface area contributed by atoms with Gasteiger partial charge in [0.05, 0.1) is 13.7 Å². The summed E-state index contributed by atoms with van der Waals surface area (Å²) in [4.78, 5) is 28.8. The third kappa shape index (κ3) is 3.29. The van der Waals surface area contributed by atoms with E-state index in [0.717, 1.165) is 11.3 Å². The molecule has 1 aromatic carbocycles. The Hall–Kier alpha value is -2.83. The zero-order chi connectivity index (χ0) is 18.7. The molecule has 0 aliphatic carbocycles. The van der Waals surface area contributed by atoms with Crippen molar-refractivity contribution in [2.24, 2.45) is 0 Å². The average molecular weight is 356 g/mol. The topological polar surface area (TPSA) is 67.7 Å². The van der Waals surface area contributed by atoms with Crippen molar-refractivity contribution in [3.8, 4) is 5.75 Å². The fourth-order valence-electron chi connectivity index (χ4n) is 3.21. The van der Waals surface area contributed by atoms with Crippen LogP contribution in [0.5, 0.6) is 5.75 Å². The number of hydrogen-bond acceptors (Lipinski definition) is 4. The van der Waals surface area contributed by atoms with Gasteiger partial charge in [0.1, 0.15) is 11.4 Å². The van der Waals surface area contributed by atoms with Crippen LogP contribution in [0.25, 0.3) is 0 Å². The van der Waals surface area contributed by atoms with Crippen LogP contribution in [0.3, 0.4) is 0 Å². The van der Waals surface area contributed by atoms with E-state index in [0.29, 0.717) is 44.1 Å². The summed E-state index contributed by atoms with van der Waals surface area (Å²) in [5.74, 6) is 0.506. The molecule has 26 heavy (non-hydrogen) atoms. The Balaban J connectivity index is 1.81. The molecule has 0 atom stereocenters. The van der Waals surface area contributed by atoms with Gasteiger partial charge < -0.3 is 14.5 Å². The first-order chi connectivity index (χ1) is 12.6. The first-order valence-corrected chi connectivity index (χ1v) is 8.87. The van der Waals surface area contributed by atoms with Crippen molar-refractivity contribution in [1.82, 2.24) is 19.6 Å². The van der Waals surface area contributed by atoms with E-state index in [1.807, 2.05) is 38.1 Å². The summed E-state index contributed by atoms with van der Waals surface area (Å²) in [6, 6.07) is 9.28. The Morgan fingerprint density at radius 2 is 1.96 bits per heavy atom. The van der Waals surface area contributed by atoms with Crippen LogP contribution in [0.2, 0.25) is 0 Å². The van der Waals surface area contributed by atoms with E-state index in [9.17, 15) is 9.59 Å². The highest BCUT2D eigenvalue weighted by molar-refractivity contribution is 5.98. The molecular formula is C19H24N4O3. The summed E-state index contributed by atoms with van der Waals surface area (Å²) in [5, 5.41) is 4.35. The summed E-state index contributed by atoms with van der Waals surface area (Å²) in [6.45, 7) is 6.67. The Kier molecular flexibility index (Phi) is 5.25. The van der Waals surface area contributed by atoms with E-state index in [1.165, 1.54) is 0 Å². The second-order valence-corrected chi connectivity index (χ2v) is 6.15. The van der Waals surface area contributed by atoms with Crippen LogP contribution in [0, 0.1) is 0 Å². The number of carbonyl (C=O) groups excluding carboxylic acids is 2. The van der Waals surface area contributed by atoms with E-state index in [-0.39, 0.29) is 11.8 Å². The van der Waals surface area contributed by atoms with Gasteiger partial charge in [0.2, 0.25) is 0 Å². The van der Waals surface area contributed by atoms with Crippen LogP contribution in [0.1, 0.15) is 40.4 Å². The van der Waals surface area contributed by atoms with Crippen LogP contribution in [0.15, 0.2) is 30.3 Å². The van der Waals surface area contributed by atoms with Crippen LogP contribution in [-0.2, 0) is 13.1 Å². The van der Waals surface area contributed by atoms with Gasteiger partial charge in [-0.25, -0.2) is 0 Å². The molecule has 0 bridgehead atoms. The lowest BCUT2D eigenvalue weighted by molar-refractivity contribution is 0.0680. The number of amides is 2. The molecule has 7 nitrogen and oxygen atoms in total. The van der Waals surface area contributed by atoms with Crippen molar-refractivity contribution in [3.63, 3.8) is 0 Å². The van der Waals surface area contributed by atoms with Crippen molar-refractivity contribution in [3.05, 3.63) is 47.3 Å². The lowest BCUT2D eigenvalue weighted by Gasteiger charge is -2.28. The number of ether oxygens (including phenoxy) is 1. The van der Waals surface area contributed by atoms with E-state index < -0.39 is 0 Å². The molecule has 2 heterocycles. The molecule has 3 rings (SSSR count). The van der Waals surface area contributed by atoms with Gasteiger partial charge in [-0.15, -0.1) is 0 Å². The SMILES string of the molecule is CCN(CC)C(=O)c1cc2n(n1)CCN(Cc1ccccc1OC)C2=O. The summed E-state index contributed by atoms with van der Waals surface area (Å²) in [7, 11) is 1.62. The summed E-state index contributed by atoms with van der Waals surface area (Å²) >= 11 is 0. The Bertz CT molecular complexity index is 811. The van der Waals surface area contributed by atoms with E-state index in [2.05, 4.69) is 5.10 Å². The zero-order valence-electron chi connectivity index (χ0n) is 15.4. The smallest absolute Gasteiger partial charge is 0.274 e. The van der Waals surface area contributed by atoms with Gasteiger partial charge in [-0.1, -0.05) is 18.2 Å². The van der Waals surface area contributed by atoms with Gasteiger partial charge in [0.15, 0.2) is 5.69 Å². The monoisotopic (exact) mass is 356 g/mol. The fourth-order valence-corrected chi connectivity index (χ4v) is 3.21. The molecule has 0 N–H and O–H groups in total. The zero-order valence-corrected chi connectivity index (χ0v) is 15.4. The minimum atomic E-state index is -0.138. The maximum Gasteiger partial charge on any atom is 0.274 e. The van der Waals surface area contributed by atoms with Crippen molar-refractivity contribution in [2.45, 2.75) is 26.9 Å². The van der Waals surface area contributed by atoms with Crippen molar-refractivity contribution < 1.29 is 14.3 Å². The number of aromatic nitrogens is 2. The number of methoxy groups -OCH3 is 1. The normalized spacial score (nSPS) is 13.5. The molecule has 1 aromatic heterocycles. The molecule has 0 spiro atoms. The fraction of sp³-hybridized carbons (Fsp3) is 0.421. The maximum atomic E-state index is 12.9. The van der Waals surface area contributed by atoms with Gasteiger partial charge in [-0.3, -0.25) is 14.3 Å². The number of benzene rings is 1. The second kappa shape index (κ2) is 7.59. The Morgan fingerprint density at radius 3 is 2.65 bits per heavy atom. The van der Waals surface area contributed by atoms with Gasteiger partial charge in [0, 0.05) is 37.8 Å². The standard InChI is InChI=1S/C19H24N4O3/c1-4-21(5-2)18(24)15-12-16-19(25)22(10-11-23(16)20-15)13-14-8-6-7-9-17(14)26-3/h6-9,12H,4-5,10-11,13H2,1-3H3. The predicted octanol–water partition coefficient (Wildman–Crippen LogP) is 2.03. The maximum absolute atomic E-state index is 12.9. The lowest BCUT2D eigenvalue weighted by Crippen LogP contribution is -2.39. The molecule has 0 unspecified atom stereocenters. The van der Waals surface area contributed by atoms with Crippen LogP contribution >= 0.6 is 0 Å². The van der Waals surface area contributed by atoms with Gasteiger partial charge >= 0.3 is 0 Å². The molecule has 0 radical (unpaired) electrons. The first kappa shape index (κ1) is 18.0. The van der Waals surface area contributed by atoms with Crippen LogP contribution in [-0.4, -0.2) is 58.1 Å². The minimum Gasteiger partial charge on any atom is -0.496 e. The molecule has 0 saturated carbocycles. The number of rotatable bonds is 6.